The summed E-state index contributed by atoms with van der Waals surface area (Å²) in [6, 6.07) is 3.32. The first-order valence-electron chi connectivity index (χ1n) is 5.53. The quantitative estimate of drug-likeness (QED) is 0.578. The third-order valence-corrected chi connectivity index (χ3v) is 2.84. The van der Waals surface area contributed by atoms with E-state index in [0.29, 0.717) is 5.69 Å². The molecule has 18 heavy (non-hydrogen) atoms. The van der Waals surface area contributed by atoms with Crippen LogP contribution in [0, 0.1) is 6.92 Å². The van der Waals surface area contributed by atoms with Crippen LogP contribution in [-0.2, 0) is 10.4 Å². The van der Waals surface area contributed by atoms with Crippen LogP contribution in [-0.4, -0.2) is 26.1 Å². The maximum atomic E-state index is 10.7. The number of anilines is 2. The fourth-order valence-electron chi connectivity index (χ4n) is 1.70. The molecule has 0 aliphatic rings. The molecule has 0 fully saturated rings. The van der Waals surface area contributed by atoms with Crippen LogP contribution in [0.1, 0.15) is 19.5 Å². The minimum absolute atomic E-state index is 0.0922. The van der Waals surface area contributed by atoms with Gasteiger partial charge in [0.1, 0.15) is 0 Å². The highest BCUT2D eigenvalue weighted by molar-refractivity contribution is 7.80. The zero-order chi connectivity index (χ0) is 13.9. The van der Waals surface area contributed by atoms with E-state index >= 15 is 0 Å². The Labute approximate surface area is 107 Å². The number of nitrogen functional groups attached to an aromatic ring is 1. The second kappa shape index (κ2) is 5.40. The zero-order valence-electron chi connectivity index (χ0n) is 10.6. The van der Waals surface area contributed by atoms with E-state index in [-0.39, 0.29) is 5.82 Å². The van der Waals surface area contributed by atoms with Crippen molar-refractivity contribution >= 4 is 21.9 Å². The molecule has 0 aliphatic heterocycles. The lowest BCUT2D eigenvalue weighted by Gasteiger charge is -2.21. The molecule has 0 saturated carbocycles. The summed E-state index contributed by atoms with van der Waals surface area (Å²) in [6.07, 6.45) is 0. The molecular weight excluding hydrogens is 258 g/mol. The van der Waals surface area contributed by atoms with Crippen LogP contribution < -0.4 is 19.6 Å². The molecule has 1 aromatic rings. The Bertz CT molecular complexity index is 503. The SMILES string of the molecule is CCN(CC)c1cc(C)[n+](OS(=O)(=O)O)c(N)c1. The highest BCUT2D eigenvalue weighted by atomic mass is 32.3. The van der Waals surface area contributed by atoms with E-state index in [0.717, 1.165) is 23.5 Å². The fourth-order valence-corrected chi connectivity index (χ4v) is 2.09. The molecule has 0 atom stereocenters. The van der Waals surface area contributed by atoms with Gasteiger partial charge in [0.05, 0.1) is 6.07 Å². The Morgan fingerprint density at radius 3 is 2.33 bits per heavy atom. The number of aromatic nitrogens is 1. The summed E-state index contributed by atoms with van der Waals surface area (Å²) in [5, 5.41) is 0. The van der Waals surface area contributed by atoms with Gasteiger partial charge in [0.2, 0.25) is 0 Å². The fraction of sp³-hybridized carbons (Fsp3) is 0.500. The van der Waals surface area contributed by atoms with Gasteiger partial charge in [0.25, 0.3) is 0 Å². The topological polar surface area (TPSA) is 96.7 Å². The molecule has 8 heteroatoms. The van der Waals surface area contributed by atoms with Gasteiger partial charge in [0, 0.05) is 31.8 Å². The van der Waals surface area contributed by atoms with E-state index < -0.39 is 10.4 Å². The maximum Gasteiger partial charge on any atom is 0.482 e. The second-order valence-corrected chi connectivity index (χ2v) is 4.75. The van der Waals surface area contributed by atoms with Gasteiger partial charge < -0.3 is 4.90 Å². The number of hydrogen-bond donors (Lipinski definition) is 2. The molecule has 1 aromatic heterocycles. The zero-order valence-corrected chi connectivity index (χ0v) is 11.4. The van der Waals surface area contributed by atoms with Gasteiger partial charge >= 0.3 is 16.2 Å². The Morgan fingerprint density at radius 2 is 1.94 bits per heavy atom. The lowest BCUT2D eigenvalue weighted by molar-refractivity contribution is -0.849. The predicted molar refractivity (Wildman–Crippen MR) is 67.5 cm³/mol. The van der Waals surface area contributed by atoms with Gasteiger partial charge in [-0.05, 0) is 18.6 Å². The van der Waals surface area contributed by atoms with Gasteiger partial charge in [-0.15, -0.1) is 0 Å². The molecule has 0 spiro atoms. The van der Waals surface area contributed by atoms with Crippen molar-refractivity contribution in [2.24, 2.45) is 0 Å². The first-order chi connectivity index (χ1) is 8.28. The van der Waals surface area contributed by atoms with Crippen LogP contribution in [0.3, 0.4) is 0 Å². The van der Waals surface area contributed by atoms with Gasteiger partial charge in [-0.3, -0.25) is 10.3 Å². The van der Waals surface area contributed by atoms with E-state index in [1.165, 1.54) is 0 Å². The lowest BCUT2D eigenvalue weighted by Crippen LogP contribution is -2.50. The normalized spacial score (nSPS) is 11.3. The molecular formula is C10H18N3O4S+. The minimum atomic E-state index is -4.60. The third kappa shape index (κ3) is 3.47. The summed E-state index contributed by atoms with van der Waals surface area (Å²) in [6.45, 7) is 7.25. The first-order valence-corrected chi connectivity index (χ1v) is 6.89. The van der Waals surface area contributed by atoms with Crippen molar-refractivity contribution in [2.45, 2.75) is 20.8 Å². The third-order valence-electron chi connectivity index (χ3n) is 2.50. The Hall–Kier alpha value is -1.54. The Morgan fingerprint density at radius 1 is 1.39 bits per heavy atom. The molecule has 0 saturated heterocycles. The van der Waals surface area contributed by atoms with E-state index in [4.69, 9.17) is 10.3 Å². The van der Waals surface area contributed by atoms with Crippen molar-refractivity contribution < 1.29 is 22.0 Å². The number of pyridine rings is 1. The van der Waals surface area contributed by atoms with Gasteiger partial charge in [-0.1, -0.05) is 0 Å². The monoisotopic (exact) mass is 276 g/mol. The second-order valence-electron chi connectivity index (χ2n) is 3.75. The van der Waals surface area contributed by atoms with Crippen molar-refractivity contribution in [1.82, 2.24) is 0 Å². The molecule has 0 radical (unpaired) electrons. The molecule has 3 N–H and O–H groups in total. The maximum absolute atomic E-state index is 10.7. The van der Waals surface area contributed by atoms with Gasteiger partial charge in [0.15, 0.2) is 5.69 Å². The summed E-state index contributed by atoms with van der Waals surface area (Å²) < 4.78 is 35.2. The largest absolute Gasteiger partial charge is 0.482 e. The van der Waals surface area contributed by atoms with Crippen LogP contribution in [0.15, 0.2) is 12.1 Å². The highest BCUT2D eigenvalue weighted by Crippen LogP contribution is 2.16. The molecule has 0 amide bonds. The van der Waals surface area contributed by atoms with E-state index in [1.807, 2.05) is 13.8 Å². The van der Waals surface area contributed by atoms with Crippen molar-refractivity contribution in [3.8, 4) is 0 Å². The predicted octanol–water partition coefficient (Wildman–Crippen LogP) is -0.0577. The van der Waals surface area contributed by atoms with Crippen molar-refractivity contribution in [1.29, 1.82) is 0 Å². The van der Waals surface area contributed by atoms with Crippen molar-refractivity contribution in [2.75, 3.05) is 23.7 Å². The number of rotatable bonds is 5. The summed E-state index contributed by atoms with van der Waals surface area (Å²) in [4.78, 5) is 2.06. The summed E-state index contributed by atoms with van der Waals surface area (Å²) >= 11 is 0. The summed E-state index contributed by atoms with van der Waals surface area (Å²) in [5.41, 5.74) is 7.05. The van der Waals surface area contributed by atoms with Gasteiger partial charge in [-0.2, -0.15) is 12.7 Å². The Balaban J connectivity index is 3.20. The number of nitrogens with two attached hydrogens (primary N) is 1. The molecule has 1 heterocycles. The number of hydrogen-bond acceptors (Lipinski definition) is 5. The van der Waals surface area contributed by atoms with E-state index in [9.17, 15) is 8.42 Å². The van der Waals surface area contributed by atoms with Crippen molar-refractivity contribution in [3.63, 3.8) is 0 Å². The van der Waals surface area contributed by atoms with Gasteiger partial charge in [-0.25, -0.2) is 0 Å². The molecule has 0 bridgehead atoms. The van der Waals surface area contributed by atoms with Crippen LogP contribution in [0.25, 0.3) is 0 Å². The number of nitrogens with zero attached hydrogens (tertiary/aromatic N) is 2. The molecule has 7 nitrogen and oxygen atoms in total. The molecule has 102 valence electrons. The minimum Gasteiger partial charge on any atom is -0.372 e. The molecule has 0 unspecified atom stereocenters. The van der Waals surface area contributed by atoms with Crippen molar-refractivity contribution in [3.05, 3.63) is 17.8 Å². The lowest BCUT2D eigenvalue weighted by atomic mass is 10.3. The molecule has 1 rings (SSSR count). The Kier molecular flexibility index (Phi) is 4.36. The standard InChI is InChI=1S/C10H17N3O4S/c1-4-12(5-2)9-6-8(3)13(10(11)7-9)17-18(14,15)16/h6-7,11H,4-5H2,1-3H3,(H,14,15,16)/p+1. The molecule has 0 aliphatic carbocycles. The first kappa shape index (κ1) is 14.5. The smallest absolute Gasteiger partial charge is 0.372 e. The average Bonchev–Trinajstić information content (AvgIpc) is 2.24. The summed E-state index contributed by atoms with van der Waals surface area (Å²) in [7, 11) is -4.60. The highest BCUT2D eigenvalue weighted by Gasteiger charge is 2.20. The molecule has 0 aromatic carbocycles. The van der Waals surface area contributed by atoms with Crippen LogP contribution in [0.5, 0.6) is 0 Å². The summed E-state index contributed by atoms with van der Waals surface area (Å²) in [5.74, 6) is 0.0922. The van der Waals surface area contributed by atoms with Crippen LogP contribution in [0.2, 0.25) is 0 Å². The van der Waals surface area contributed by atoms with Crippen LogP contribution in [0.4, 0.5) is 11.5 Å². The number of aryl methyl sites for hydroxylation is 1. The van der Waals surface area contributed by atoms with E-state index in [1.54, 1.807) is 19.1 Å². The van der Waals surface area contributed by atoms with E-state index in [2.05, 4.69) is 9.18 Å². The van der Waals surface area contributed by atoms with Crippen LogP contribution >= 0.6 is 0 Å². The average molecular weight is 276 g/mol.